The number of aryl methyl sites for hydroxylation is 4. The van der Waals surface area contributed by atoms with Gasteiger partial charge in [-0.3, -0.25) is 0 Å². The molecule has 2 N–H and O–H groups in total. The highest BCUT2D eigenvalue weighted by Crippen LogP contribution is 2.26. The van der Waals surface area contributed by atoms with Crippen molar-refractivity contribution in [2.24, 2.45) is 5.73 Å². The second-order valence-corrected chi connectivity index (χ2v) is 6.89. The Hall–Kier alpha value is -1.25. The van der Waals surface area contributed by atoms with Gasteiger partial charge in [0, 0.05) is 17.5 Å². The zero-order valence-corrected chi connectivity index (χ0v) is 14.3. The number of thioether (sulfide) groups is 1. The highest BCUT2D eigenvalue weighted by molar-refractivity contribution is 7.98. The van der Waals surface area contributed by atoms with Crippen molar-refractivity contribution in [3.05, 3.63) is 69.8 Å². The van der Waals surface area contributed by atoms with Crippen LogP contribution in [-0.4, -0.2) is 5.75 Å². The van der Waals surface area contributed by atoms with Crippen molar-refractivity contribution in [3.63, 3.8) is 0 Å². The largest absolute Gasteiger partial charge is 0.323 e. The summed E-state index contributed by atoms with van der Waals surface area (Å²) in [6.07, 6.45) is 0. The second-order valence-electron chi connectivity index (χ2n) is 5.86. The van der Waals surface area contributed by atoms with Crippen LogP contribution in [0.15, 0.2) is 36.4 Å². The van der Waals surface area contributed by atoms with Gasteiger partial charge in [0.1, 0.15) is 0 Å². The topological polar surface area (TPSA) is 26.0 Å². The third kappa shape index (κ3) is 4.12. The molecular formula is C19H25NS. The molecule has 0 aliphatic rings. The molecule has 0 fully saturated rings. The minimum absolute atomic E-state index is 0.111. The van der Waals surface area contributed by atoms with E-state index in [4.69, 9.17) is 5.73 Å². The van der Waals surface area contributed by atoms with E-state index in [1.54, 1.807) is 0 Å². The monoisotopic (exact) mass is 299 g/mol. The number of benzene rings is 2. The zero-order valence-electron chi connectivity index (χ0n) is 13.4. The van der Waals surface area contributed by atoms with Crippen LogP contribution in [0.2, 0.25) is 0 Å². The SMILES string of the molecule is Cc1cc(C)c(C(N)CSCc2ccccc2C)c(C)c1. The summed E-state index contributed by atoms with van der Waals surface area (Å²) in [7, 11) is 0. The van der Waals surface area contributed by atoms with E-state index in [1.165, 1.54) is 33.4 Å². The maximum atomic E-state index is 6.43. The highest BCUT2D eigenvalue weighted by atomic mass is 32.2. The maximum absolute atomic E-state index is 6.43. The number of rotatable bonds is 5. The van der Waals surface area contributed by atoms with Crippen LogP contribution in [0.25, 0.3) is 0 Å². The van der Waals surface area contributed by atoms with Crippen LogP contribution in [0.4, 0.5) is 0 Å². The molecule has 0 radical (unpaired) electrons. The van der Waals surface area contributed by atoms with Crippen molar-refractivity contribution in [2.45, 2.75) is 39.5 Å². The van der Waals surface area contributed by atoms with Crippen LogP contribution >= 0.6 is 11.8 Å². The molecule has 0 bridgehead atoms. The van der Waals surface area contributed by atoms with Crippen molar-refractivity contribution in [3.8, 4) is 0 Å². The standard InChI is InChI=1S/C19H25NS/c1-13-9-15(3)19(16(4)10-13)18(20)12-21-11-17-8-6-5-7-14(17)2/h5-10,18H,11-12,20H2,1-4H3. The van der Waals surface area contributed by atoms with Crippen molar-refractivity contribution >= 4 is 11.8 Å². The first-order valence-corrected chi connectivity index (χ1v) is 8.60. The summed E-state index contributed by atoms with van der Waals surface area (Å²) in [4.78, 5) is 0. The first-order chi connectivity index (χ1) is 9.99. The van der Waals surface area contributed by atoms with E-state index in [0.29, 0.717) is 0 Å². The zero-order chi connectivity index (χ0) is 15.4. The van der Waals surface area contributed by atoms with Gasteiger partial charge in [-0.25, -0.2) is 0 Å². The van der Waals surface area contributed by atoms with Crippen molar-refractivity contribution in [1.82, 2.24) is 0 Å². The molecule has 0 aromatic heterocycles. The lowest BCUT2D eigenvalue weighted by atomic mass is 9.95. The molecule has 2 aromatic rings. The van der Waals surface area contributed by atoms with Crippen LogP contribution in [-0.2, 0) is 5.75 Å². The maximum Gasteiger partial charge on any atom is 0.0392 e. The Balaban J connectivity index is 2.00. The average molecular weight is 299 g/mol. The average Bonchev–Trinajstić information content (AvgIpc) is 2.39. The fraction of sp³-hybridized carbons (Fsp3) is 0.368. The molecule has 0 saturated heterocycles. The number of hydrogen-bond donors (Lipinski definition) is 1. The van der Waals surface area contributed by atoms with Crippen molar-refractivity contribution in [2.75, 3.05) is 5.75 Å². The fourth-order valence-corrected chi connectivity index (χ4v) is 4.01. The summed E-state index contributed by atoms with van der Waals surface area (Å²) in [5.74, 6) is 1.99. The Labute approximate surface area is 133 Å². The minimum Gasteiger partial charge on any atom is -0.323 e. The second kappa shape index (κ2) is 7.15. The Morgan fingerprint density at radius 3 is 2.19 bits per heavy atom. The van der Waals surface area contributed by atoms with Gasteiger partial charge in [-0.1, -0.05) is 42.0 Å². The molecule has 112 valence electrons. The number of hydrogen-bond acceptors (Lipinski definition) is 2. The van der Waals surface area contributed by atoms with E-state index < -0.39 is 0 Å². The van der Waals surface area contributed by atoms with Gasteiger partial charge >= 0.3 is 0 Å². The Kier molecular flexibility index (Phi) is 5.49. The minimum atomic E-state index is 0.111. The van der Waals surface area contributed by atoms with Gasteiger partial charge in [-0.05, 0) is 55.5 Å². The highest BCUT2D eigenvalue weighted by Gasteiger charge is 2.12. The normalized spacial score (nSPS) is 12.4. The van der Waals surface area contributed by atoms with Gasteiger partial charge in [-0.15, -0.1) is 0 Å². The molecule has 1 unspecified atom stereocenters. The molecule has 1 atom stereocenters. The fourth-order valence-electron chi connectivity index (χ4n) is 2.93. The smallest absolute Gasteiger partial charge is 0.0392 e. The van der Waals surface area contributed by atoms with E-state index in [2.05, 4.69) is 64.1 Å². The van der Waals surface area contributed by atoms with E-state index in [0.717, 1.165) is 11.5 Å². The van der Waals surface area contributed by atoms with E-state index in [9.17, 15) is 0 Å². The summed E-state index contributed by atoms with van der Waals surface area (Å²) < 4.78 is 0. The van der Waals surface area contributed by atoms with Gasteiger partial charge in [0.05, 0.1) is 0 Å². The van der Waals surface area contributed by atoms with Crippen LogP contribution in [0, 0.1) is 27.7 Å². The molecule has 0 aliphatic heterocycles. The number of nitrogens with two attached hydrogens (primary N) is 1. The van der Waals surface area contributed by atoms with Crippen molar-refractivity contribution < 1.29 is 0 Å². The summed E-state index contributed by atoms with van der Waals surface area (Å²) in [5, 5.41) is 0. The molecule has 0 amide bonds. The van der Waals surface area contributed by atoms with Gasteiger partial charge in [0.2, 0.25) is 0 Å². The molecule has 2 heteroatoms. The first kappa shape index (κ1) is 16.1. The van der Waals surface area contributed by atoms with Crippen LogP contribution in [0.5, 0.6) is 0 Å². The molecule has 0 saturated carbocycles. The van der Waals surface area contributed by atoms with Crippen LogP contribution in [0.3, 0.4) is 0 Å². The lowest BCUT2D eigenvalue weighted by Gasteiger charge is -2.18. The predicted molar refractivity (Wildman–Crippen MR) is 94.9 cm³/mol. The Morgan fingerprint density at radius 1 is 0.952 bits per heavy atom. The van der Waals surface area contributed by atoms with Gasteiger partial charge in [0.25, 0.3) is 0 Å². The summed E-state index contributed by atoms with van der Waals surface area (Å²) in [5.41, 5.74) is 14.5. The first-order valence-electron chi connectivity index (χ1n) is 7.44. The third-order valence-electron chi connectivity index (χ3n) is 3.93. The van der Waals surface area contributed by atoms with Crippen LogP contribution in [0.1, 0.15) is 39.4 Å². The van der Waals surface area contributed by atoms with E-state index >= 15 is 0 Å². The molecular weight excluding hydrogens is 274 g/mol. The van der Waals surface area contributed by atoms with Crippen LogP contribution < -0.4 is 5.73 Å². The van der Waals surface area contributed by atoms with Gasteiger partial charge < -0.3 is 5.73 Å². The Bertz CT molecular complexity index is 596. The van der Waals surface area contributed by atoms with E-state index in [-0.39, 0.29) is 6.04 Å². The van der Waals surface area contributed by atoms with Gasteiger partial charge in [0.15, 0.2) is 0 Å². The molecule has 21 heavy (non-hydrogen) atoms. The Morgan fingerprint density at radius 2 is 1.57 bits per heavy atom. The molecule has 2 aromatic carbocycles. The molecule has 1 nitrogen and oxygen atoms in total. The lowest BCUT2D eigenvalue weighted by Crippen LogP contribution is -2.16. The summed E-state index contributed by atoms with van der Waals surface area (Å²) in [6.45, 7) is 8.65. The molecule has 0 heterocycles. The summed E-state index contributed by atoms with van der Waals surface area (Å²) >= 11 is 1.92. The lowest BCUT2D eigenvalue weighted by molar-refractivity contribution is 0.812. The quantitative estimate of drug-likeness (QED) is 0.853. The molecule has 0 aliphatic carbocycles. The van der Waals surface area contributed by atoms with E-state index in [1.807, 2.05) is 11.8 Å². The predicted octanol–water partition coefficient (Wildman–Crippen LogP) is 4.85. The third-order valence-corrected chi connectivity index (χ3v) is 5.04. The summed E-state index contributed by atoms with van der Waals surface area (Å²) in [6, 6.07) is 13.1. The molecule has 0 spiro atoms. The molecule has 2 rings (SSSR count). The van der Waals surface area contributed by atoms with Crippen molar-refractivity contribution in [1.29, 1.82) is 0 Å². The van der Waals surface area contributed by atoms with Gasteiger partial charge in [-0.2, -0.15) is 11.8 Å².